The first-order valence-electron chi connectivity index (χ1n) is 8.09. The third kappa shape index (κ3) is 4.24. The topological polar surface area (TPSA) is 77.2 Å². The van der Waals surface area contributed by atoms with Gasteiger partial charge in [0.1, 0.15) is 10.6 Å². The fourth-order valence-corrected chi connectivity index (χ4v) is 2.96. The number of amides is 1. The van der Waals surface area contributed by atoms with Gasteiger partial charge in [0.25, 0.3) is 11.8 Å². The standard InChI is InChI=1S/C18H19N3O3S/c1-3-4-10-23-14-7-5-13(6-8-14)17(22)20-15-9-11-25-16(15)18-19-12(2)21-24-18/h5-9,11H,3-4,10H2,1-2H3,(H,20,22). The van der Waals surface area contributed by atoms with E-state index in [-0.39, 0.29) is 5.91 Å². The molecule has 6 nitrogen and oxygen atoms in total. The number of aromatic nitrogens is 2. The monoisotopic (exact) mass is 357 g/mol. The van der Waals surface area contributed by atoms with Gasteiger partial charge in [-0.05, 0) is 49.1 Å². The highest BCUT2D eigenvalue weighted by atomic mass is 32.1. The van der Waals surface area contributed by atoms with Gasteiger partial charge in [-0.2, -0.15) is 4.98 Å². The molecular formula is C18H19N3O3S. The van der Waals surface area contributed by atoms with E-state index >= 15 is 0 Å². The maximum Gasteiger partial charge on any atom is 0.270 e. The van der Waals surface area contributed by atoms with Crippen molar-refractivity contribution in [3.8, 4) is 16.5 Å². The Balaban J connectivity index is 1.68. The quantitative estimate of drug-likeness (QED) is 0.628. The van der Waals surface area contributed by atoms with Gasteiger partial charge in [0.15, 0.2) is 5.82 Å². The highest BCUT2D eigenvalue weighted by molar-refractivity contribution is 7.14. The number of benzene rings is 1. The van der Waals surface area contributed by atoms with Crippen molar-refractivity contribution in [1.29, 1.82) is 0 Å². The van der Waals surface area contributed by atoms with Crippen LogP contribution in [-0.2, 0) is 0 Å². The summed E-state index contributed by atoms with van der Waals surface area (Å²) in [6.07, 6.45) is 2.10. The lowest BCUT2D eigenvalue weighted by atomic mass is 10.2. The predicted octanol–water partition coefficient (Wildman–Crippen LogP) is 4.54. The maximum absolute atomic E-state index is 12.5. The first-order valence-corrected chi connectivity index (χ1v) is 8.97. The van der Waals surface area contributed by atoms with Gasteiger partial charge in [0.2, 0.25) is 0 Å². The number of carbonyl (C=O) groups is 1. The van der Waals surface area contributed by atoms with Crippen LogP contribution in [0.1, 0.15) is 35.9 Å². The number of nitrogens with zero attached hydrogens (tertiary/aromatic N) is 2. The van der Waals surface area contributed by atoms with Crippen LogP contribution >= 0.6 is 11.3 Å². The molecular weight excluding hydrogens is 338 g/mol. The van der Waals surface area contributed by atoms with E-state index in [9.17, 15) is 4.79 Å². The Labute approximate surface area is 149 Å². The minimum absolute atomic E-state index is 0.198. The van der Waals surface area contributed by atoms with Crippen molar-refractivity contribution in [3.63, 3.8) is 0 Å². The first-order chi connectivity index (χ1) is 12.2. The molecule has 0 bridgehead atoms. The van der Waals surface area contributed by atoms with Crippen molar-refractivity contribution in [1.82, 2.24) is 10.1 Å². The summed E-state index contributed by atoms with van der Waals surface area (Å²) in [5, 5.41) is 8.54. The zero-order valence-electron chi connectivity index (χ0n) is 14.1. The highest BCUT2D eigenvalue weighted by Gasteiger charge is 2.16. The van der Waals surface area contributed by atoms with Gasteiger partial charge in [-0.25, -0.2) is 0 Å². The average Bonchev–Trinajstić information content (AvgIpc) is 3.24. The fraction of sp³-hybridized carbons (Fsp3) is 0.278. The van der Waals surface area contributed by atoms with Crippen molar-refractivity contribution in [2.75, 3.05) is 11.9 Å². The largest absolute Gasteiger partial charge is 0.494 e. The second-order valence-corrected chi connectivity index (χ2v) is 6.41. The normalized spacial score (nSPS) is 10.6. The highest BCUT2D eigenvalue weighted by Crippen LogP contribution is 2.32. The molecule has 0 saturated carbocycles. The molecule has 0 spiro atoms. The number of ether oxygens (including phenoxy) is 1. The number of anilines is 1. The molecule has 0 saturated heterocycles. The Morgan fingerprint density at radius 2 is 2.08 bits per heavy atom. The van der Waals surface area contributed by atoms with Crippen molar-refractivity contribution in [3.05, 3.63) is 47.1 Å². The summed E-state index contributed by atoms with van der Waals surface area (Å²) < 4.78 is 10.8. The van der Waals surface area contributed by atoms with Crippen molar-refractivity contribution >= 4 is 22.9 Å². The minimum atomic E-state index is -0.198. The van der Waals surface area contributed by atoms with E-state index < -0.39 is 0 Å². The van der Waals surface area contributed by atoms with Crippen LogP contribution in [0.2, 0.25) is 0 Å². The second kappa shape index (κ2) is 7.94. The van der Waals surface area contributed by atoms with E-state index in [1.165, 1.54) is 11.3 Å². The molecule has 0 atom stereocenters. The summed E-state index contributed by atoms with van der Waals surface area (Å²) in [6, 6.07) is 8.93. The van der Waals surface area contributed by atoms with Crippen molar-refractivity contribution < 1.29 is 14.1 Å². The van der Waals surface area contributed by atoms with Crippen LogP contribution in [0.4, 0.5) is 5.69 Å². The average molecular weight is 357 g/mol. The number of hydrogen-bond donors (Lipinski definition) is 1. The van der Waals surface area contributed by atoms with E-state index in [4.69, 9.17) is 9.26 Å². The van der Waals surface area contributed by atoms with E-state index in [1.54, 1.807) is 31.2 Å². The smallest absolute Gasteiger partial charge is 0.270 e. The molecule has 2 heterocycles. The molecule has 0 unspecified atom stereocenters. The minimum Gasteiger partial charge on any atom is -0.494 e. The lowest BCUT2D eigenvalue weighted by Gasteiger charge is -2.07. The van der Waals surface area contributed by atoms with Gasteiger partial charge < -0.3 is 14.6 Å². The zero-order chi connectivity index (χ0) is 17.6. The molecule has 130 valence electrons. The number of nitrogens with one attached hydrogen (secondary N) is 1. The van der Waals surface area contributed by atoms with Crippen LogP contribution in [0.15, 0.2) is 40.2 Å². The summed E-state index contributed by atoms with van der Waals surface area (Å²) in [7, 11) is 0. The van der Waals surface area contributed by atoms with E-state index in [2.05, 4.69) is 22.4 Å². The Morgan fingerprint density at radius 1 is 1.28 bits per heavy atom. The maximum atomic E-state index is 12.5. The van der Waals surface area contributed by atoms with E-state index in [0.717, 1.165) is 23.5 Å². The molecule has 0 radical (unpaired) electrons. The van der Waals surface area contributed by atoms with Gasteiger partial charge in [-0.1, -0.05) is 18.5 Å². The summed E-state index contributed by atoms with van der Waals surface area (Å²) >= 11 is 1.44. The molecule has 2 aromatic heterocycles. The summed E-state index contributed by atoms with van der Waals surface area (Å²) in [5.41, 5.74) is 1.21. The molecule has 0 aliphatic carbocycles. The summed E-state index contributed by atoms with van der Waals surface area (Å²) in [6.45, 7) is 4.55. The number of rotatable bonds is 7. The van der Waals surface area contributed by atoms with Gasteiger partial charge in [0.05, 0.1) is 12.3 Å². The van der Waals surface area contributed by atoms with Crippen LogP contribution in [0, 0.1) is 6.92 Å². The van der Waals surface area contributed by atoms with Gasteiger partial charge >= 0.3 is 0 Å². The van der Waals surface area contributed by atoms with Gasteiger partial charge in [-0.3, -0.25) is 4.79 Å². The van der Waals surface area contributed by atoms with Crippen molar-refractivity contribution in [2.45, 2.75) is 26.7 Å². The lowest BCUT2D eigenvalue weighted by molar-refractivity contribution is 0.102. The van der Waals surface area contributed by atoms with Crippen LogP contribution in [-0.4, -0.2) is 22.7 Å². The van der Waals surface area contributed by atoms with Crippen LogP contribution in [0.3, 0.4) is 0 Å². The Hall–Kier alpha value is -2.67. The van der Waals surface area contributed by atoms with Crippen LogP contribution in [0.5, 0.6) is 5.75 Å². The number of thiophene rings is 1. The summed E-state index contributed by atoms with van der Waals surface area (Å²) in [5.74, 6) is 1.53. The lowest BCUT2D eigenvalue weighted by Crippen LogP contribution is -2.11. The van der Waals surface area contributed by atoms with E-state index in [0.29, 0.717) is 29.6 Å². The number of unbranched alkanes of at least 4 members (excludes halogenated alkanes) is 1. The van der Waals surface area contributed by atoms with Gasteiger partial charge in [0, 0.05) is 5.56 Å². The fourth-order valence-electron chi connectivity index (χ4n) is 2.19. The van der Waals surface area contributed by atoms with Crippen LogP contribution < -0.4 is 10.1 Å². The molecule has 25 heavy (non-hydrogen) atoms. The van der Waals surface area contributed by atoms with Crippen LogP contribution in [0.25, 0.3) is 10.8 Å². The molecule has 3 rings (SSSR count). The third-order valence-corrected chi connectivity index (χ3v) is 4.42. The SMILES string of the molecule is CCCCOc1ccc(C(=O)Nc2ccsc2-c2nc(C)no2)cc1. The number of hydrogen-bond acceptors (Lipinski definition) is 6. The molecule has 1 N–H and O–H groups in total. The molecule has 0 aliphatic heterocycles. The second-order valence-electron chi connectivity index (χ2n) is 5.49. The molecule has 1 amide bonds. The first kappa shape index (κ1) is 17.2. The number of carbonyl (C=O) groups excluding carboxylic acids is 1. The molecule has 3 aromatic rings. The Bertz CT molecular complexity index is 839. The molecule has 0 fully saturated rings. The molecule has 1 aromatic carbocycles. The van der Waals surface area contributed by atoms with E-state index in [1.807, 2.05) is 11.4 Å². The van der Waals surface area contributed by atoms with Gasteiger partial charge in [-0.15, -0.1) is 11.3 Å². The zero-order valence-corrected chi connectivity index (χ0v) is 14.9. The Morgan fingerprint density at radius 3 is 2.76 bits per heavy atom. The molecule has 7 heteroatoms. The molecule has 0 aliphatic rings. The number of aryl methyl sites for hydroxylation is 1. The predicted molar refractivity (Wildman–Crippen MR) is 97.1 cm³/mol. The third-order valence-electron chi connectivity index (χ3n) is 3.52. The van der Waals surface area contributed by atoms with Crippen molar-refractivity contribution in [2.24, 2.45) is 0 Å². The summed E-state index contributed by atoms with van der Waals surface area (Å²) in [4.78, 5) is 17.4. The Kier molecular flexibility index (Phi) is 5.45.